The Bertz CT molecular complexity index is 990. The van der Waals surface area contributed by atoms with Crippen LogP contribution < -0.4 is 5.32 Å². The highest BCUT2D eigenvalue weighted by Gasteiger charge is 2.64. The van der Waals surface area contributed by atoms with Gasteiger partial charge in [-0.15, -0.1) is 0 Å². The van der Waals surface area contributed by atoms with E-state index in [-0.39, 0.29) is 22.8 Å². The Labute approximate surface area is 195 Å². The van der Waals surface area contributed by atoms with Gasteiger partial charge in [0.15, 0.2) is 0 Å². The number of fused-ring (bicyclic) bond motifs is 1. The third-order valence-corrected chi connectivity index (χ3v) is 8.09. The summed E-state index contributed by atoms with van der Waals surface area (Å²) in [5.74, 6) is 0.290. The van der Waals surface area contributed by atoms with E-state index in [4.69, 9.17) is 0 Å². The fourth-order valence-electron chi connectivity index (χ4n) is 6.28. The summed E-state index contributed by atoms with van der Waals surface area (Å²) in [6, 6.07) is 14.1. The number of benzene rings is 1. The zero-order valence-electron chi connectivity index (χ0n) is 19.4. The molecule has 3 aliphatic rings. The molecule has 1 unspecified atom stereocenters. The van der Waals surface area contributed by atoms with Crippen molar-refractivity contribution in [3.8, 4) is 0 Å². The van der Waals surface area contributed by atoms with Gasteiger partial charge in [-0.2, -0.15) is 0 Å². The van der Waals surface area contributed by atoms with Gasteiger partial charge in [-0.1, -0.05) is 36.4 Å². The summed E-state index contributed by atoms with van der Waals surface area (Å²) in [7, 11) is 1.93. The molecular formula is C26H33N5O2. The van der Waals surface area contributed by atoms with E-state index >= 15 is 0 Å². The number of urea groups is 1. The fourth-order valence-corrected chi connectivity index (χ4v) is 6.28. The molecular weight excluding hydrogens is 414 g/mol. The molecule has 7 heteroatoms. The molecule has 2 spiro atoms. The second kappa shape index (κ2) is 8.78. The maximum atomic E-state index is 13.5. The van der Waals surface area contributed by atoms with Gasteiger partial charge < -0.3 is 15.1 Å². The summed E-state index contributed by atoms with van der Waals surface area (Å²) in [5.41, 5.74) is 1.87. The molecule has 4 heterocycles. The summed E-state index contributed by atoms with van der Waals surface area (Å²) >= 11 is 0. The third-order valence-electron chi connectivity index (χ3n) is 8.09. The van der Waals surface area contributed by atoms with Crippen molar-refractivity contribution in [1.82, 2.24) is 25.0 Å². The van der Waals surface area contributed by atoms with Gasteiger partial charge >= 0.3 is 6.03 Å². The van der Waals surface area contributed by atoms with E-state index in [0.29, 0.717) is 19.6 Å². The average Bonchev–Trinajstić information content (AvgIpc) is 3.30. The van der Waals surface area contributed by atoms with E-state index in [1.54, 1.807) is 6.20 Å². The first kappa shape index (κ1) is 21.9. The van der Waals surface area contributed by atoms with Crippen molar-refractivity contribution in [2.75, 3.05) is 39.8 Å². The lowest BCUT2D eigenvalue weighted by Crippen LogP contribution is -2.54. The molecule has 33 heavy (non-hydrogen) atoms. The summed E-state index contributed by atoms with van der Waals surface area (Å²) in [6.07, 6.45) is 6.36. The van der Waals surface area contributed by atoms with Crippen LogP contribution in [0.3, 0.4) is 0 Å². The number of nitrogens with one attached hydrogen (secondary N) is 1. The van der Waals surface area contributed by atoms with E-state index < -0.39 is 0 Å². The SMILES string of the molecule is CN1CCC2(CN(Cc3cccnc3)CC23CCN(C(=O)NCc2ccccc2)CC3)C1=O. The van der Waals surface area contributed by atoms with E-state index in [2.05, 4.69) is 21.3 Å². The number of carbonyl (C=O) groups is 2. The number of carbonyl (C=O) groups excluding carboxylic acids is 2. The highest BCUT2D eigenvalue weighted by Crippen LogP contribution is 2.57. The number of nitrogens with zero attached hydrogens (tertiary/aromatic N) is 4. The Balaban J connectivity index is 1.28. The molecule has 0 aliphatic carbocycles. The normalized spacial score (nSPS) is 24.7. The molecule has 1 atom stereocenters. The van der Waals surface area contributed by atoms with Crippen LogP contribution in [0, 0.1) is 10.8 Å². The highest BCUT2D eigenvalue weighted by atomic mass is 16.2. The van der Waals surface area contributed by atoms with Crippen LogP contribution in [0.1, 0.15) is 30.4 Å². The summed E-state index contributed by atoms with van der Waals surface area (Å²) < 4.78 is 0. The number of amides is 3. The Morgan fingerprint density at radius 2 is 1.76 bits per heavy atom. The lowest BCUT2D eigenvalue weighted by molar-refractivity contribution is -0.141. The quantitative estimate of drug-likeness (QED) is 0.783. The zero-order chi connectivity index (χ0) is 22.9. The number of likely N-dealkylation sites (tertiary alicyclic amines) is 3. The largest absolute Gasteiger partial charge is 0.345 e. The fraction of sp³-hybridized carbons (Fsp3) is 0.500. The van der Waals surface area contributed by atoms with Crippen LogP contribution >= 0.6 is 0 Å². The molecule has 3 fully saturated rings. The lowest BCUT2D eigenvalue weighted by atomic mass is 9.60. The van der Waals surface area contributed by atoms with Crippen molar-refractivity contribution in [1.29, 1.82) is 0 Å². The minimum atomic E-state index is -0.337. The molecule has 1 aromatic carbocycles. The van der Waals surface area contributed by atoms with Gasteiger partial charge in [0.25, 0.3) is 0 Å². The van der Waals surface area contributed by atoms with E-state index in [1.807, 2.05) is 59.4 Å². The molecule has 0 radical (unpaired) electrons. The smallest absolute Gasteiger partial charge is 0.317 e. The maximum Gasteiger partial charge on any atom is 0.317 e. The summed E-state index contributed by atoms with van der Waals surface area (Å²) in [5, 5.41) is 3.06. The molecule has 2 aromatic rings. The van der Waals surface area contributed by atoms with Gasteiger partial charge in [0.2, 0.25) is 5.91 Å². The summed E-state index contributed by atoms with van der Waals surface area (Å²) in [6.45, 7) is 5.26. The molecule has 3 amide bonds. The van der Waals surface area contributed by atoms with Crippen LogP contribution in [0.2, 0.25) is 0 Å². The van der Waals surface area contributed by atoms with Crippen LogP contribution in [-0.4, -0.2) is 71.4 Å². The van der Waals surface area contributed by atoms with Gasteiger partial charge in [-0.05, 0) is 36.5 Å². The molecule has 0 saturated carbocycles. The monoisotopic (exact) mass is 447 g/mol. The Kier molecular flexibility index (Phi) is 5.83. The van der Waals surface area contributed by atoms with Crippen LogP contribution in [0.5, 0.6) is 0 Å². The van der Waals surface area contributed by atoms with Crippen LogP contribution in [0.4, 0.5) is 4.79 Å². The molecule has 0 bridgehead atoms. The molecule has 3 saturated heterocycles. The van der Waals surface area contributed by atoms with Crippen molar-refractivity contribution in [2.24, 2.45) is 10.8 Å². The van der Waals surface area contributed by atoms with Crippen molar-refractivity contribution in [3.63, 3.8) is 0 Å². The van der Waals surface area contributed by atoms with E-state index in [9.17, 15) is 9.59 Å². The van der Waals surface area contributed by atoms with E-state index in [0.717, 1.165) is 51.0 Å². The topological polar surface area (TPSA) is 68.8 Å². The lowest BCUT2D eigenvalue weighted by Gasteiger charge is -2.46. The minimum absolute atomic E-state index is 0.0113. The second-order valence-electron chi connectivity index (χ2n) is 9.98. The molecule has 1 N–H and O–H groups in total. The zero-order valence-corrected chi connectivity index (χ0v) is 19.4. The van der Waals surface area contributed by atoms with E-state index in [1.165, 1.54) is 5.56 Å². The average molecular weight is 448 g/mol. The number of hydrogen-bond acceptors (Lipinski definition) is 4. The number of piperidine rings is 1. The number of hydrogen-bond donors (Lipinski definition) is 1. The Hall–Kier alpha value is -2.93. The molecule has 3 aliphatic heterocycles. The number of rotatable bonds is 4. The number of aromatic nitrogens is 1. The van der Waals surface area contributed by atoms with Crippen molar-refractivity contribution in [3.05, 3.63) is 66.0 Å². The standard InChI is InChI=1S/C26H33N5O2/c1-29-13-11-26(23(29)32)20-30(18-22-8-5-12-27-16-22)19-25(26)9-14-31(15-10-25)24(33)28-17-21-6-3-2-4-7-21/h2-8,12,16H,9-11,13-15,17-20H2,1H3,(H,28,33). The van der Waals surface area contributed by atoms with Gasteiger partial charge in [0.05, 0.1) is 5.41 Å². The highest BCUT2D eigenvalue weighted by molar-refractivity contribution is 5.86. The van der Waals surface area contributed by atoms with Crippen molar-refractivity contribution < 1.29 is 9.59 Å². The predicted octanol–water partition coefficient (Wildman–Crippen LogP) is 2.74. The molecule has 5 rings (SSSR count). The molecule has 174 valence electrons. The second-order valence-corrected chi connectivity index (χ2v) is 9.98. The predicted molar refractivity (Wildman–Crippen MR) is 126 cm³/mol. The Morgan fingerprint density at radius 1 is 1.00 bits per heavy atom. The van der Waals surface area contributed by atoms with Gasteiger partial charge in [-0.25, -0.2) is 4.79 Å². The van der Waals surface area contributed by atoms with Crippen LogP contribution in [0.15, 0.2) is 54.9 Å². The van der Waals surface area contributed by atoms with Gasteiger partial charge in [-0.3, -0.25) is 14.7 Å². The number of pyridine rings is 1. The molecule has 1 aromatic heterocycles. The first-order valence-corrected chi connectivity index (χ1v) is 11.9. The van der Waals surface area contributed by atoms with Crippen molar-refractivity contribution >= 4 is 11.9 Å². The van der Waals surface area contributed by atoms with Crippen LogP contribution in [-0.2, 0) is 17.9 Å². The van der Waals surface area contributed by atoms with Crippen LogP contribution in [0.25, 0.3) is 0 Å². The molecule has 7 nitrogen and oxygen atoms in total. The van der Waals surface area contributed by atoms with Gasteiger partial charge in [0.1, 0.15) is 0 Å². The summed E-state index contributed by atoms with van der Waals surface area (Å²) in [4.78, 5) is 36.8. The first-order chi connectivity index (χ1) is 16.0. The first-order valence-electron chi connectivity index (χ1n) is 11.9. The van der Waals surface area contributed by atoms with Crippen molar-refractivity contribution in [2.45, 2.75) is 32.4 Å². The minimum Gasteiger partial charge on any atom is -0.345 e. The van der Waals surface area contributed by atoms with Gasteiger partial charge in [0, 0.05) is 70.7 Å². The maximum absolute atomic E-state index is 13.5. The third kappa shape index (κ3) is 3.99. The Morgan fingerprint density at radius 3 is 2.42 bits per heavy atom.